The van der Waals surface area contributed by atoms with Gasteiger partial charge in [-0.2, -0.15) is 5.26 Å². The lowest BCUT2D eigenvalue weighted by molar-refractivity contribution is -0.113. The SMILES string of the molecule is CCOc1ccc(OCC)c(NC(=O)CSc2nc3c(c(-c4ccc[nH]4)c2C#N)CCCCC3)c1. The van der Waals surface area contributed by atoms with E-state index in [4.69, 9.17) is 14.5 Å². The predicted octanol–water partition coefficient (Wildman–Crippen LogP) is 5.75. The molecule has 0 saturated carbocycles. The molecule has 7 nitrogen and oxygen atoms in total. The molecular weight excluding hydrogens is 460 g/mol. The van der Waals surface area contributed by atoms with E-state index in [1.807, 2.05) is 38.2 Å². The summed E-state index contributed by atoms with van der Waals surface area (Å²) in [5.74, 6) is 1.17. The van der Waals surface area contributed by atoms with Crippen LogP contribution in [0.1, 0.15) is 49.9 Å². The number of carbonyl (C=O) groups excluding carboxylic acids is 1. The normalized spacial score (nSPS) is 12.8. The van der Waals surface area contributed by atoms with Crippen LogP contribution in [0.25, 0.3) is 11.3 Å². The van der Waals surface area contributed by atoms with Crippen LogP contribution in [0.15, 0.2) is 41.6 Å². The first-order valence-corrected chi connectivity index (χ1v) is 13.0. The van der Waals surface area contributed by atoms with Gasteiger partial charge in [0.05, 0.1) is 30.2 Å². The second-order valence-corrected chi connectivity index (χ2v) is 9.17. The van der Waals surface area contributed by atoms with Gasteiger partial charge in [0.15, 0.2) is 0 Å². The Labute approximate surface area is 210 Å². The lowest BCUT2D eigenvalue weighted by Crippen LogP contribution is -2.16. The van der Waals surface area contributed by atoms with Crippen LogP contribution >= 0.6 is 11.8 Å². The molecule has 4 rings (SSSR count). The number of rotatable bonds is 9. The van der Waals surface area contributed by atoms with Gasteiger partial charge < -0.3 is 19.8 Å². The molecule has 0 atom stereocenters. The fraction of sp³-hybridized carbons (Fsp3) is 0.370. The highest BCUT2D eigenvalue weighted by Crippen LogP contribution is 2.37. The van der Waals surface area contributed by atoms with E-state index in [0.29, 0.717) is 41.0 Å². The predicted molar refractivity (Wildman–Crippen MR) is 138 cm³/mol. The maximum Gasteiger partial charge on any atom is 0.234 e. The summed E-state index contributed by atoms with van der Waals surface area (Å²) in [5.41, 5.74) is 5.13. The summed E-state index contributed by atoms with van der Waals surface area (Å²) >= 11 is 1.29. The average Bonchev–Trinajstić information content (AvgIpc) is 3.29. The summed E-state index contributed by atoms with van der Waals surface area (Å²) in [5, 5.41) is 13.6. The third kappa shape index (κ3) is 5.80. The van der Waals surface area contributed by atoms with E-state index in [0.717, 1.165) is 54.6 Å². The highest BCUT2D eigenvalue weighted by molar-refractivity contribution is 8.00. The molecule has 1 amide bonds. The molecule has 0 aliphatic heterocycles. The number of amides is 1. The van der Waals surface area contributed by atoms with Crippen molar-refractivity contribution in [1.29, 1.82) is 5.26 Å². The summed E-state index contributed by atoms with van der Waals surface area (Å²) < 4.78 is 11.2. The minimum atomic E-state index is -0.202. The van der Waals surface area contributed by atoms with Gasteiger partial charge in [-0.15, -0.1) is 0 Å². The van der Waals surface area contributed by atoms with Crippen LogP contribution in [-0.4, -0.2) is 34.8 Å². The summed E-state index contributed by atoms with van der Waals surface area (Å²) in [6.45, 7) is 4.82. The topological polar surface area (TPSA) is 100 Å². The highest BCUT2D eigenvalue weighted by Gasteiger charge is 2.23. The Morgan fingerprint density at radius 2 is 2.00 bits per heavy atom. The number of carbonyl (C=O) groups is 1. The Balaban J connectivity index is 1.59. The van der Waals surface area contributed by atoms with Gasteiger partial charge in [-0.25, -0.2) is 4.98 Å². The van der Waals surface area contributed by atoms with E-state index in [-0.39, 0.29) is 11.7 Å². The van der Waals surface area contributed by atoms with E-state index in [9.17, 15) is 10.1 Å². The van der Waals surface area contributed by atoms with E-state index >= 15 is 0 Å². The monoisotopic (exact) mass is 490 g/mol. The second kappa shape index (κ2) is 11.8. The molecule has 2 aromatic heterocycles. The minimum Gasteiger partial charge on any atom is -0.494 e. The molecule has 0 radical (unpaired) electrons. The molecule has 0 fully saturated rings. The first kappa shape index (κ1) is 24.7. The fourth-order valence-corrected chi connectivity index (χ4v) is 5.16. The van der Waals surface area contributed by atoms with Gasteiger partial charge in [0.1, 0.15) is 22.6 Å². The van der Waals surface area contributed by atoms with E-state index in [1.54, 1.807) is 12.1 Å². The number of hydrogen-bond donors (Lipinski definition) is 2. The summed E-state index contributed by atoms with van der Waals surface area (Å²) in [7, 11) is 0. The van der Waals surface area contributed by atoms with Gasteiger partial charge in [-0.1, -0.05) is 18.2 Å². The number of nitrogens with one attached hydrogen (secondary N) is 2. The Bertz CT molecular complexity index is 1220. The van der Waals surface area contributed by atoms with Crippen LogP contribution in [0.4, 0.5) is 5.69 Å². The number of benzene rings is 1. The van der Waals surface area contributed by atoms with E-state index in [2.05, 4.69) is 16.4 Å². The number of pyridine rings is 1. The number of ether oxygens (including phenoxy) is 2. The molecule has 35 heavy (non-hydrogen) atoms. The molecule has 2 heterocycles. The molecule has 1 aromatic carbocycles. The zero-order valence-electron chi connectivity index (χ0n) is 20.1. The smallest absolute Gasteiger partial charge is 0.234 e. The highest BCUT2D eigenvalue weighted by atomic mass is 32.2. The Morgan fingerprint density at radius 3 is 2.74 bits per heavy atom. The molecule has 3 aromatic rings. The molecule has 0 bridgehead atoms. The number of fused-ring (bicyclic) bond motifs is 1. The van der Waals surface area contributed by atoms with Gasteiger partial charge in [0, 0.05) is 29.2 Å². The standard InChI is InChI=1S/C27H30N4O3S/c1-3-33-18-12-13-24(34-4-2)23(15-18)30-25(32)17-35-27-20(16-28)26(22-11-8-14-29-22)19-9-6-5-7-10-21(19)31-27/h8,11-15,29H,3-7,9-10,17H2,1-2H3,(H,30,32). The number of aryl methyl sites for hydroxylation is 1. The van der Waals surface area contributed by atoms with E-state index in [1.165, 1.54) is 11.8 Å². The van der Waals surface area contributed by atoms with Crippen molar-refractivity contribution in [2.45, 2.75) is 51.0 Å². The molecule has 0 spiro atoms. The number of nitriles is 1. The van der Waals surface area contributed by atoms with Gasteiger partial charge in [0.2, 0.25) is 5.91 Å². The summed E-state index contributed by atoms with van der Waals surface area (Å²) in [6.07, 6.45) is 6.98. The lowest BCUT2D eigenvalue weighted by Gasteiger charge is -2.17. The number of thioether (sulfide) groups is 1. The number of H-pyrrole nitrogens is 1. The fourth-order valence-electron chi connectivity index (χ4n) is 4.35. The van der Waals surface area contributed by atoms with Crippen molar-refractivity contribution < 1.29 is 14.3 Å². The van der Waals surface area contributed by atoms with Crippen molar-refractivity contribution in [3.8, 4) is 28.8 Å². The Morgan fingerprint density at radius 1 is 1.17 bits per heavy atom. The van der Waals surface area contributed by atoms with Gasteiger partial charge >= 0.3 is 0 Å². The van der Waals surface area contributed by atoms with Crippen molar-refractivity contribution in [3.05, 3.63) is 53.3 Å². The van der Waals surface area contributed by atoms with Gasteiger partial charge in [-0.05, 0) is 69.4 Å². The van der Waals surface area contributed by atoms with Crippen molar-refractivity contribution >= 4 is 23.4 Å². The van der Waals surface area contributed by atoms with Gasteiger partial charge in [0.25, 0.3) is 0 Å². The van der Waals surface area contributed by atoms with Crippen LogP contribution in [0.5, 0.6) is 11.5 Å². The third-order valence-corrected chi connectivity index (χ3v) is 6.82. The molecule has 2 N–H and O–H groups in total. The molecule has 0 saturated heterocycles. The number of anilines is 1. The molecule has 182 valence electrons. The molecule has 1 aliphatic carbocycles. The first-order valence-electron chi connectivity index (χ1n) is 12.1. The van der Waals surface area contributed by atoms with Gasteiger partial charge in [-0.3, -0.25) is 4.79 Å². The average molecular weight is 491 g/mol. The maximum absolute atomic E-state index is 12.9. The van der Waals surface area contributed by atoms with Crippen molar-refractivity contribution in [1.82, 2.24) is 9.97 Å². The Kier molecular flexibility index (Phi) is 8.32. The Hall–Kier alpha value is -3.44. The van der Waals surface area contributed by atoms with Crippen LogP contribution in [-0.2, 0) is 17.6 Å². The largest absolute Gasteiger partial charge is 0.494 e. The summed E-state index contributed by atoms with van der Waals surface area (Å²) in [4.78, 5) is 21.1. The van der Waals surface area contributed by atoms with Crippen molar-refractivity contribution in [3.63, 3.8) is 0 Å². The lowest BCUT2D eigenvalue weighted by atomic mass is 9.96. The zero-order chi connectivity index (χ0) is 24.6. The van der Waals surface area contributed by atoms with E-state index < -0.39 is 0 Å². The van der Waals surface area contributed by atoms with Crippen LogP contribution in [0.2, 0.25) is 0 Å². The van der Waals surface area contributed by atoms with Crippen LogP contribution < -0.4 is 14.8 Å². The summed E-state index contributed by atoms with van der Waals surface area (Å²) in [6, 6.07) is 11.7. The number of aromatic amines is 1. The van der Waals surface area contributed by atoms with Crippen molar-refractivity contribution in [2.75, 3.05) is 24.3 Å². The second-order valence-electron chi connectivity index (χ2n) is 8.21. The van der Waals surface area contributed by atoms with Crippen LogP contribution in [0.3, 0.4) is 0 Å². The maximum atomic E-state index is 12.9. The molecule has 1 aliphatic rings. The van der Waals surface area contributed by atoms with Crippen LogP contribution in [0, 0.1) is 11.3 Å². The molecular formula is C27H30N4O3S. The molecule has 8 heteroatoms. The molecule has 0 unspecified atom stereocenters. The zero-order valence-corrected chi connectivity index (χ0v) is 21.0. The number of nitrogens with zero attached hydrogens (tertiary/aromatic N) is 2. The quantitative estimate of drug-likeness (QED) is 0.293. The number of hydrogen-bond acceptors (Lipinski definition) is 6. The number of aromatic nitrogens is 2. The minimum absolute atomic E-state index is 0.120. The van der Waals surface area contributed by atoms with Crippen molar-refractivity contribution in [2.24, 2.45) is 0 Å². The first-order chi connectivity index (χ1) is 17.1. The third-order valence-electron chi connectivity index (χ3n) is 5.85.